The molecule has 2 aromatic carbocycles. The monoisotopic (exact) mass is 260 g/mol. The third-order valence-electron chi connectivity index (χ3n) is 2.41. The van der Waals surface area contributed by atoms with Gasteiger partial charge in [0.2, 0.25) is 0 Å². The molecule has 0 aliphatic carbocycles. The Balaban J connectivity index is 2.22. The van der Waals surface area contributed by atoms with Gasteiger partial charge in [-0.3, -0.25) is 0 Å². The summed E-state index contributed by atoms with van der Waals surface area (Å²) in [5.41, 5.74) is 2.18. The molecule has 3 rings (SSSR count). The molecule has 0 aliphatic heterocycles. The minimum absolute atomic E-state index is 0.209. The molecule has 0 spiro atoms. The van der Waals surface area contributed by atoms with Crippen molar-refractivity contribution in [2.75, 3.05) is 0 Å². The van der Waals surface area contributed by atoms with Crippen LogP contribution in [0.5, 0.6) is 0 Å². The maximum atomic E-state index is 4.13. The molecule has 3 heteroatoms. The van der Waals surface area contributed by atoms with Crippen LogP contribution in [0.3, 0.4) is 0 Å². The fraction of sp³-hybridized carbons (Fsp3) is 0. The van der Waals surface area contributed by atoms with Gasteiger partial charge in [-0.05, 0) is 0 Å². The summed E-state index contributed by atoms with van der Waals surface area (Å²) < 4.78 is 4.02. The molecule has 0 bridgehead atoms. The fourth-order valence-corrected chi connectivity index (χ4v) is 2.62. The van der Waals surface area contributed by atoms with Crippen LogP contribution in [0.15, 0.2) is 47.4 Å². The summed E-state index contributed by atoms with van der Waals surface area (Å²) >= 11 is 0.209. The Morgan fingerprint density at radius 3 is 2.60 bits per heavy atom. The third kappa shape index (κ3) is 1.60. The number of aromatic nitrogens is 2. The van der Waals surface area contributed by atoms with E-state index in [1.807, 2.05) is 0 Å². The van der Waals surface area contributed by atoms with Crippen molar-refractivity contribution in [1.29, 1.82) is 0 Å². The standard InChI is InChI=1S/C12H8N2Se/c1-2-4-10-7-11(6-5-9(10)3-1)12-8-15-14-13-12/h1-8H. The van der Waals surface area contributed by atoms with Crippen LogP contribution in [0.4, 0.5) is 0 Å². The van der Waals surface area contributed by atoms with E-state index in [0.717, 1.165) is 11.3 Å². The van der Waals surface area contributed by atoms with Gasteiger partial charge in [-0.1, -0.05) is 0 Å². The van der Waals surface area contributed by atoms with E-state index in [-0.39, 0.29) is 14.7 Å². The zero-order valence-corrected chi connectivity index (χ0v) is 9.63. The fourth-order valence-electron chi connectivity index (χ4n) is 1.64. The van der Waals surface area contributed by atoms with Crippen molar-refractivity contribution in [1.82, 2.24) is 9.19 Å². The van der Waals surface area contributed by atoms with Gasteiger partial charge < -0.3 is 0 Å². The molecule has 0 saturated heterocycles. The molecule has 72 valence electrons. The quantitative estimate of drug-likeness (QED) is 0.627. The molecule has 0 fully saturated rings. The number of rotatable bonds is 1. The predicted octanol–water partition coefficient (Wildman–Crippen LogP) is 2.35. The number of nitrogens with zero attached hydrogens (tertiary/aromatic N) is 2. The van der Waals surface area contributed by atoms with Gasteiger partial charge in [-0.15, -0.1) is 0 Å². The van der Waals surface area contributed by atoms with Crippen LogP contribution in [0.25, 0.3) is 22.0 Å². The van der Waals surface area contributed by atoms with E-state index >= 15 is 0 Å². The normalized spacial score (nSPS) is 10.7. The summed E-state index contributed by atoms with van der Waals surface area (Å²) in [6.07, 6.45) is 0. The molecule has 0 radical (unpaired) electrons. The second-order valence-corrected chi connectivity index (χ2v) is 4.63. The van der Waals surface area contributed by atoms with Crippen molar-refractivity contribution >= 4 is 25.5 Å². The minimum atomic E-state index is 0.209. The molecule has 3 aromatic rings. The molecule has 1 aromatic heterocycles. The molecule has 2 nitrogen and oxygen atoms in total. The summed E-state index contributed by atoms with van der Waals surface area (Å²) in [6, 6.07) is 14.8. The molecular weight excluding hydrogens is 251 g/mol. The Labute approximate surface area is 93.6 Å². The van der Waals surface area contributed by atoms with Crippen LogP contribution in [-0.2, 0) is 0 Å². The first-order valence-electron chi connectivity index (χ1n) is 4.70. The van der Waals surface area contributed by atoms with Gasteiger partial charge in [0.15, 0.2) is 0 Å². The summed E-state index contributed by atoms with van der Waals surface area (Å²) in [6.45, 7) is 0. The topological polar surface area (TPSA) is 25.8 Å². The first kappa shape index (κ1) is 8.83. The van der Waals surface area contributed by atoms with Gasteiger partial charge in [-0.2, -0.15) is 0 Å². The number of hydrogen-bond donors (Lipinski definition) is 0. The van der Waals surface area contributed by atoms with E-state index in [4.69, 9.17) is 0 Å². The van der Waals surface area contributed by atoms with E-state index in [1.54, 1.807) is 0 Å². The van der Waals surface area contributed by atoms with Crippen molar-refractivity contribution in [3.05, 3.63) is 47.4 Å². The Morgan fingerprint density at radius 1 is 0.933 bits per heavy atom. The van der Waals surface area contributed by atoms with Crippen molar-refractivity contribution < 1.29 is 0 Å². The summed E-state index contributed by atoms with van der Waals surface area (Å²) in [7, 11) is 0. The first-order chi connectivity index (χ1) is 7.43. The molecule has 1 heterocycles. The van der Waals surface area contributed by atoms with Crippen LogP contribution >= 0.6 is 0 Å². The number of fused-ring (bicyclic) bond motifs is 1. The average Bonchev–Trinajstić information content (AvgIpc) is 2.82. The summed E-state index contributed by atoms with van der Waals surface area (Å²) in [5.74, 6) is 0. The molecule has 0 atom stereocenters. The first-order valence-corrected chi connectivity index (χ1v) is 6.45. The van der Waals surface area contributed by atoms with Crippen molar-refractivity contribution in [2.24, 2.45) is 0 Å². The van der Waals surface area contributed by atoms with Gasteiger partial charge in [0.25, 0.3) is 0 Å². The third-order valence-corrected chi connectivity index (χ3v) is 3.46. The molecule has 0 saturated carbocycles. The zero-order chi connectivity index (χ0) is 10.1. The Morgan fingerprint density at radius 2 is 1.80 bits per heavy atom. The van der Waals surface area contributed by atoms with Gasteiger partial charge in [-0.25, -0.2) is 0 Å². The SMILES string of the molecule is c1ccc2cc(-c3c[se]nn3)ccc2c1. The van der Waals surface area contributed by atoms with Crippen LogP contribution in [0.1, 0.15) is 0 Å². The second kappa shape index (κ2) is 3.61. The predicted molar refractivity (Wildman–Crippen MR) is 61.9 cm³/mol. The van der Waals surface area contributed by atoms with Gasteiger partial charge in [0, 0.05) is 0 Å². The van der Waals surface area contributed by atoms with Crippen molar-refractivity contribution in [3.63, 3.8) is 0 Å². The molecule has 0 aliphatic rings. The molecule has 0 amide bonds. The van der Waals surface area contributed by atoms with Crippen LogP contribution < -0.4 is 0 Å². The van der Waals surface area contributed by atoms with Gasteiger partial charge in [0.1, 0.15) is 0 Å². The van der Waals surface area contributed by atoms with Crippen LogP contribution in [-0.4, -0.2) is 23.9 Å². The van der Waals surface area contributed by atoms with Crippen molar-refractivity contribution in [2.45, 2.75) is 0 Å². The molecule has 0 N–H and O–H groups in total. The van der Waals surface area contributed by atoms with Crippen LogP contribution in [0.2, 0.25) is 0 Å². The van der Waals surface area contributed by atoms with Crippen LogP contribution in [0, 0.1) is 0 Å². The van der Waals surface area contributed by atoms with Crippen molar-refractivity contribution in [3.8, 4) is 11.3 Å². The Bertz CT molecular complexity index is 587. The molecule has 15 heavy (non-hydrogen) atoms. The number of hydrogen-bond acceptors (Lipinski definition) is 2. The van der Waals surface area contributed by atoms with E-state index < -0.39 is 0 Å². The van der Waals surface area contributed by atoms with E-state index in [0.29, 0.717) is 0 Å². The molecule has 0 unspecified atom stereocenters. The van der Waals surface area contributed by atoms with E-state index in [2.05, 4.69) is 56.6 Å². The Hall–Kier alpha value is -1.44. The van der Waals surface area contributed by atoms with Gasteiger partial charge in [0.05, 0.1) is 0 Å². The maximum absolute atomic E-state index is 4.13. The second-order valence-electron chi connectivity index (χ2n) is 3.35. The number of benzene rings is 2. The van der Waals surface area contributed by atoms with E-state index in [9.17, 15) is 0 Å². The van der Waals surface area contributed by atoms with Gasteiger partial charge >= 0.3 is 93.4 Å². The average molecular weight is 259 g/mol. The zero-order valence-electron chi connectivity index (χ0n) is 7.92. The van der Waals surface area contributed by atoms with E-state index in [1.165, 1.54) is 10.8 Å². The molecular formula is C12H8N2Se. The summed E-state index contributed by atoms with van der Waals surface area (Å²) in [4.78, 5) is 2.11. The Kier molecular flexibility index (Phi) is 2.13. The summed E-state index contributed by atoms with van der Waals surface area (Å²) in [5, 5.41) is 6.65.